The van der Waals surface area contributed by atoms with Gasteiger partial charge < -0.3 is 5.11 Å². The number of carboxylic acid groups (broad SMARTS) is 1. The molecule has 2 heteroatoms. The van der Waals surface area contributed by atoms with Crippen LogP contribution >= 0.6 is 0 Å². The lowest BCUT2D eigenvalue weighted by atomic mass is 9.64. The Balaban J connectivity index is 1.82. The van der Waals surface area contributed by atoms with Gasteiger partial charge in [-0.1, -0.05) is 32.6 Å². The van der Waals surface area contributed by atoms with Gasteiger partial charge in [0.2, 0.25) is 0 Å². The van der Waals surface area contributed by atoms with Crippen molar-refractivity contribution in [1.29, 1.82) is 0 Å². The fourth-order valence-corrected chi connectivity index (χ4v) is 3.97. The molecule has 0 bridgehead atoms. The number of hydrogen-bond acceptors (Lipinski definition) is 1. The smallest absolute Gasteiger partial charge is 0.306 e. The van der Waals surface area contributed by atoms with Gasteiger partial charge in [0.25, 0.3) is 0 Å². The van der Waals surface area contributed by atoms with Crippen molar-refractivity contribution in [2.45, 2.75) is 64.7 Å². The maximum absolute atomic E-state index is 11.0. The molecule has 0 saturated heterocycles. The largest absolute Gasteiger partial charge is 0.481 e. The maximum Gasteiger partial charge on any atom is 0.306 e. The van der Waals surface area contributed by atoms with E-state index in [2.05, 4.69) is 6.92 Å². The molecule has 1 N–H and O–H groups in total. The lowest BCUT2D eigenvalue weighted by molar-refractivity contribution is -0.144. The molecule has 0 radical (unpaired) electrons. The fraction of sp³-hybridized carbons (Fsp3) is 0.933. The van der Waals surface area contributed by atoms with E-state index >= 15 is 0 Å². The number of aliphatic carboxylic acids is 1. The molecule has 2 aliphatic rings. The second-order valence-electron chi connectivity index (χ2n) is 6.19. The summed E-state index contributed by atoms with van der Waals surface area (Å²) in [7, 11) is 0. The van der Waals surface area contributed by atoms with Crippen LogP contribution in [0.5, 0.6) is 0 Å². The third-order valence-corrected chi connectivity index (χ3v) is 5.04. The van der Waals surface area contributed by atoms with E-state index in [1.807, 2.05) is 0 Å². The van der Waals surface area contributed by atoms with E-state index in [9.17, 15) is 4.79 Å². The fourth-order valence-electron chi connectivity index (χ4n) is 3.97. The number of unbranched alkanes of at least 4 members (excludes halogenated alkanes) is 1. The molecule has 98 valence electrons. The highest BCUT2D eigenvalue weighted by Crippen LogP contribution is 2.45. The van der Waals surface area contributed by atoms with Gasteiger partial charge in [-0.15, -0.1) is 0 Å². The normalized spacial score (nSPS) is 37.5. The van der Waals surface area contributed by atoms with Crippen molar-refractivity contribution in [3.8, 4) is 0 Å². The van der Waals surface area contributed by atoms with Gasteiger partial charge in [-0.3, -0.25) is 4.79 Å². The monoisotopic (exact) mass is 238 g/mol. The van der Waals surface area contributed by atoms with Gasteiger partial charge in [-0.25, -0.2) is 0 Å². The van der Waals surface area contributed by atoms with Crippen LogP contribution in [0.4, 0.5) is 0 Å². The Bertz CT molecular complexity index is 262. The van der Waals surface area contributed by atoms with Crippen LogP contribution in [-0.2, 0) is 4.79 Å². The zero-order chi connectivity index (χ0) is 12.3. The Morgan fingerprint density at radius 2 is 1.82 bits per heavy atom. The lowest BCUT2D eigenvalue weighted by Crippen LogP contribution is -2.33. The molecular weight excluding hydrogens is 212 g/mol. The zero-order valence-electron chi connectivity index (χ0n) is 11.0. The minimum atomic E-state index is -0.559. The lowest BCUT2D eigenvalue weighted by Gasteiger charge is -2.41. The SMILES string of the molecule is CCCCC1CCC2CC(C(=O)O)CCC2C1. The second-order valence-corrected chi connectivity index (χ2v) is 6.19. The summed E-state index contributed by atoms with van der Waals surface area (Å²) in [6, 6.07) is 0. The Morgan fingerprint density at radius 3 is 2.53 bits per heavy atom. The van der Waals surface area contributed by atoms with Crippen LogP contribution in [-0.4, -0.2) is 11.1 Å². The number of carbonyl (C=O) groups is 1. The van der Waals surface area contributed by atoms with Crippen molar-refractivity contribution in [2.24, 2.45) is 23.7 Å². The molecule has 2 aliphatic carbocycles. The Morgan fingerprint density at radius 1 is 1.12 bits per heavy atom. The Labute approximate surface area is 105 Å². The second kappa shape index (κ2) is 5.88. The molecule has 17 heavy (non-hydrogen) atoms. The van der Waals surface area contributed by atoms with Crippen LogP contribution < -0.4 is 0 Å². The van der Waals surface area contributed by atoms with Crippen LogP contribution in [0.25, 0.3) is 0 Å². The van der Waals surface area contributed by atoms with Crippen LogP contribution in [0.1, 0.15) is 64.7 Å². The summed E-state index contributed by atoms with van der Waals surface area (Å²) in [4.78, 5) is 11.0. The summed E-state index contributed by atoms with van der Waals surface area (Å²) in [6.45, 7) is 2.27. The minimum absolute atomic E-state index is 0.0385. The first-order chi connectivity index (χ1) is 8.20. The topological polar surface area (TPSA) is 37.3 Å². The van der Waals surface area contributed by atoms with Gasteiger partial charge in [-0.2, -0.15) is 0 Å². The van der Waals surface area contributed by atoms with E-state index in [1.54, 1.807) is 0 Å². The van der Waals surface area contributed by atoms with Crippen molar-refractivity contribution >= 4 is 5.97 Å². The summed E-state index contributed by atoms with van der Waals surface area (Å²) in [5.41, 5.74) is 0. The molecule has 0 aromatic carbocycles. The van der Waals surface area contributed by atoms with Gasteiger partial charge in [0.1, 0.15) is 0 Å². The van der Waals surface area contributed by atoms with Crippen LogP contribution in [0.2, 0.25) is 0 Å². The highest BCUT2D eigenvalue weighted by molar-refractivity contribution is 5.70. The van der Waals surface area contributed by atoms with Crippen LogP contribution in [0, 0.1) is 23.7 Å². The van der Waals surface area contributed by atoms with Crippen molar-refractivity contribution in [1.82, 2.24) is 0 Å². The van der Waals surface area contributed by atoms with Crippen molar-refractivity contribution in [2.75, 3.05) is 0 Å². The van der Waals surface area contributed by atoms with Crippen molar-refractivity contribution < 1.29 is 9.90 Å². The quantitative estimate of drug-likeness (QED) is 0.800. The molecule has 2 nitrogen and oxygen atoms in total. The Hall–Kier alpha value is -0.530. The predicted molar refractivity (Wildman–Crippen MR) is 68.8 cm³/mol. The van der Waals surface area contributed by atoms with Crippen LogP contribution in [0.3, 0.4) is 0 Å². The first-order valence-corrected chi connectivity index (χ1v) is 7.43. The molecule has 4 unspecified atom stereocenters. The molecule has 2 saturated carbocycles. The standard InChI is InChI=1S/C15H26O2/c1-2-3-4-11-5-6-13-10-14(15(16)17)8-7-12(13)9-11/h11-14H,2-10H2,1H3,(H,16,17). The van der Waals surface area contributed by atoms with Crippen molar-refractivity contribution in [3.63, 3.8) is 0 Å². The molecule has 0 spiro atoms. The third kappa shape index (κ3) is 3.23. The highest BCUT2D eigenvalue weighted by atomic mass is 16.4. The summed E-state index contributed by atoms with van der Waals surface area (Å²) in [5.74, 6) is 1.92. The van der Waals surface area contributed by atoms with E-state index in [1.165, 1.54) is 44.9 Å². The highest BCUT2D eigenvalue weighted by Gasteiger charge is 2.37. The number of fused-ring (bicyclic) bond motifs is 1. The van der Waals surface area contributed by atoms with E-state index in [0.29, 0.717) is 0 Å². The van der Waals surface area contributed by atoms with Crippen LogP contribution in [0.15, 0.2) is 0 Å². The number of rotatable bonds is 4. The van der Waals surface area contributed by atoms with E-state index < -0.39 is 5.97 Å². The van der Waals surface area contributed by atoms with Gasteiger partial charge in [0.15, 0.2) is 0 Å². The van der Waals surface area contributed by atoms with Gasteiger partial charge in [0.05, 0.1) is 5.92 Å². The molecular formula is C15H26O2. The summed E-state index contributed by atoms with van der Waals surface area (Å²) in [5, 5.41) is 9.10. The number of carboxylic acids is 1. The molecule has 0 aliphatic heterocycles. The maximum atomic E-state index is 11.0. The van der Waals surface area contributed by atoms with E-state index in [0.717, 1.165) is 30.6 Å². The predicted octanol–water partition coefficient (Wildman–Crippen LogP) is 4.09. The zero-order valence-corrected chi connectivity index (χ0v) is 11.0. The van der Waals surface area contributed by atoms with Crippen molar-refractivity contribution in [3.05, 3.63) is 0 Å². The summed E-state index contributed by atoms with van der Waals surface area (Å²) < 4.78 is 0. The van der Waals surface area contributed by atoms with Gasteiger partial charge in [0, 0.05) is 0 Å². The molecule has 2 fully saturated rings. The average molecular weight is 238 g/mol. The molecule has 0 heterocycles. The first-order valence-electron chi connectivity index (χ1n) is 7.43. The van der Waals surface area contributed by atoms with Gasteiger partial charge >= 0.3 is 5.97 Å². The third-order valence-electron chi connectivity index (χ3n) is 5.04. The average Bonchev–Trinajstić information content (AvgIpc) is 2.35. The summed E-state index contributed by atoms with van der Waals surface area (Å²) >= 11 is 0. The molecule has 0 aromatic rings. The van der Waals surface area contributed by atoms with Gasteiger partial charge in [-0.05, 0) is 49.9 Å². The molecule has 2 rings (SSSR count). The molecule has 0 aromatic heterocycles. The Kier molecular flexibility index (Phi) is 4.47. The van der Waals surface area contributed by atoms with E-state index in [4.69, 9.17) is 5.11 Å². The minimum Gasteiger partial charge on any atom is -0.481 e. The first kappa shape index (κ1) is 12.9. The molecule has 0 amide bonds. The summed E-state index contributed by atoms with van der Waals surface area (Å²) in [6.07, 6.45) is 11.2. The van der Waals surface area contributed by atoms with E-state index in [-0.39, 0.29) is 5.92 Å². The number of hydrogen-bond donors (Lipinski definition) is 1. The molecule has 4 atom stereocenters.